The minimum atomic E-state index is -1.01. The molecule has 4 aromatic heterocycles. The van der Waals surface area contributed by atoms with Crippen molar-refractivity contribution in [2.45, 2.75) is 63.8 Å². The van der Waals surface area contributed by atoms with E-state index in [9.17, 15) is 14.3 Å². The molecule has 0 saturated carbocycles. The zero-order chi connectivity index (χ0) is 32.6. The average molecular weight is 655 g/mol. The molecule has 0 radical (unpaired) electrons. The van der Waals surface area contributed by atoms with Crippen LogP contribution in [0.1, 0.15) is 51.6 Å². The van der Waals surface area contributed by atoms with Crippen molar-refractivity contribution in [3.63, 3.8) is 0 Å². The highest BCUT2D eigenvalue weighted by Gasteiger charge is 2.33. The molecule has 0 amide bonds. The van der Waals surface area contributed by atoms with E-state index in [0.29, 0.717) is 23.7 Å². The Morgan fingerprint density at radius 1 is 1.00 bits per heavy atom. The van der Waals surface area contributed by atoms with Crippen LogP contribution in [-0.2, 0) is 24.4 Å². The van der Waals surface area contributed by atoms with Gasteiger partial charge in [0, 0.05) is 44.6 Å². The van der Waals surface area contributed by atoms with Gasteiger partial charge in [-0.15, -0.1) is 11.8 Å². The molecule has 0 aliphatic heterocycles. The number of aromatic nitrogens is 4. The van der Waals surface area contributed by atoms with Crippen molar-refractivity contribution in [2.24, 2.45) is 5.41 Å². The van der Waals surface area contributed by atoms with E-state index >= 15 is 0 Å². The Morgan fingerprint density at radius 3 is 2.46 bits per heavy atom. The van der Waals surface area contributed by atoms with Crippen LogP contribution in [0.5, 0.6) is 5.75 Å². The summed E-state index contributed by atoms with van der Waals surface area (Å²) in [5.41, 5.74) is 4.22. The lowest BCUT2D eigenvalue weighted by Gasteiger charge is -2.24. The minimum Gasteiger partial charge on any atom is -0.486 e. The quantitative estimate of drug-likeness (QED) is 0.147. The Bertz CT molecular complexity index is 2040. The third kappa shape index (κ3) is 6.93. The number of para-hydroxylation sites is 1. The minimum absolute atomic E-state index is 0.155. The number of carboxylic acids is 1. The molecule has 0 fully saturated rings. The molecule has 6 aromatic rings. The molecule has 1 N–H and O–H groups in total. The number of benzene rings is 2. The first-order valence-electron chi connectivity index (χ1n) is 15.0. The van der Waals surface area contributed by atoms with E-state index in [1.54, 1.807) is 31.8 Å². The van der Waals surface area contributed by atoms with E-state index in [1.807, 2.05) is 66.7 Å². The molecule has 10 heteroatoms. The molecule has 46 heavy (non-hydrogen) atoms. The van der Waals surface area contributed by atoms with Crippen molar-refractivity contribution in [1.82, 2.24) is 19.5 Å². The monoisotopic (exact) mass is 654 g/mol. The standard InChI is InChI=1S/C36H35FN4O3S2/c1-35(2,3)46-31-27-16-26(44-21-25-15-14-23-8-6-7-9-28(23)40-25)18-38-32(27)41(29(31)17-36(4,5)34(42)43)20-22-10-12-24(13-11-22)33-39-19-30(37)45-33/h6-16,18-19H,17,20-21H2,1-5H3,(H,42,43). The maximum Gasteiger partial charge on any atom is 0.309 e. The molecule has 0 aliphatic rings. The number of hydrogen-bond donors (Lipinski definition) is 1. The number of thioether (sulfide) groups is 1. The zero-order valence-corrected chi connectivity index (χ0v) is 28.0. The van der Waals surface area contributed by atoms with E-state index in [0.717, 1.165) is 60.7 Å². The fraction of sp³-hybridized carbons (Fsp3) is 0.278. The van der Waals surface area contributed by atoms with Gasteiger partial charge in [0.1, 0.15) is 23.0 Å². The smallest absolute Gasteiger partial charge is 0.309 e. The van der Waals surface area contributed by atoms with E-state index in [-0.39, 0.29) is 16.5 Å². The Hall–Kier alpha value is -4.28. The topological polar surface area (TPSA) is 90.1 Å². The van der Waals surface area contributed by atoms with Crippen LogP contribution in [0.15, 0.2) is 84.0 Å². The van der Waals surface area contributed by atoms with Crippen LogP contribution in [0, 0.1) is 10.5 Å². The highest BCUT2D eigenvalue weighted by Crippen LogP contribution is 2.43. The van der Waals surface area contributed by atoms with Gasteiger partial charge in [0.15, 0.2) is 5.13 Å². The Balaban J connectivity index is 1.40. The van der Waals surface area contributed by atoms with Crippen LogP contribution in [0.3, 0.4) is 0 Å². The SMILES string of the molecule is CC(C)(C)Sc1c(CC(C)(C)C(=O)O)n(Cc2ccc(-c3ncc(F)s3)cc2)c2ncc(OCc3ccc4ccccc4n3)cc12. The first-order chi connectivity index (χ1) is 21.9. The summed E-state index contributed by atoms with van der Waals surface area (Å²) in [6, 6.07) is 21.9. The molecule has 0 unspecified atom stereocenters. The largest absolute Gasteiger partial charge is 0.486 e. The number of ether oxygens (including phenoxy) is 1. The summed E-state index contributed by atoms with van der Waals surface area (Å²) in [5, 5.41) is 12.4. The van der Waals surface area contributed by atoms with E-state index in [1.165, 1.54) is 6.20 Å². The maximum absolute atomic E-state index is 13.6. The summed E-state index contributed by atoms with van der Waals surface area (Å²) in [6.45, 7) is 10.7. The number of thiazole rings is 1. The highest BCUT2D eigenvalue weighted by molar-refractivity contribution is 8.00. The van der Waals surface area contributed by atoms with Crippen molar-refractivity contribution < 1.29 is 19.0 Å². The number of fused-ring (bicyclic) bond motifs is 2. The number of hydrogen-bond acceptors (Lipinski definition) is 7. The normalized spacial score (nSPS) is 12.2. The van der Waals surface area contributed by atoms with Gasteiger partial charge < -0.3 is 14.4 Å². The third-order valence-corrected chi connectivity index (χ3v) is 9.70. The Kier molecular flexibility index (Phi) is 8.60. The fourth-order valence-corrected chi connectivity index (χ4v) is 7.06. The number of halogens is 1. The van der Waals surface area contributed by atoms with Gasteiger partial charge in [-0.25, -0.2) is 15.0 Å². The van der Waals surface area contributed by atoms with Gasteiger partial charge in [-0.05, 0) is 37.6 Å². The number of nitrogens with zero attached hydrogens (tertiary/aromatic N) is 4. The Morgan fingerprint density at radius 2 is 1.76 bits per heavy atom. The highest BCUT2D eigenvalue weighted by atomic mass is 32.2. The average Bonchev–Trinajstić information content (AvgIpc) is 3.56. The second-order valence-electron chi connectivity index (χ2n) is 12.9. The molecule has 6 rings (SSSR count). The van der Waals surface area contributed by atoms with Crippen LogP contribution < -0.4 is 4.74 Å². The van der Waals surface area contributed by atoms with Gasteiger partial charge in [0.2, 0.25) is 0 Å². The molecular formula is C36H35FN4O3S2. The van der Waals surface area contributed by atoms with Crippen LogP contribution in [0.2, 0.25) is 0 Å². The first-order valence-corrected chi connectivity index (χ1v) is 16.6. The number of rotatable bonds is 10. The second-order valence-corrected chi connectivity index (χ2v) is 15.8. The molecule has 0 atom stereocenters. The predicted octanol–water partition coefficient (Wildman–Crippen LogP) is 9.02. The molecule has 0 aliphatic carbocycles. The van der Waals surface area contributed by atoms with Gasteiger partial charge >= 0.3 is 5.97 Å². The lowest BCUT2D eigenvalue weighted by molar-refractivity contribution is -0.146. The fourth-order valence-electron chi connectivity index (χ4n) is 5.23. The van der Waals surface area contributed by atoms with Gasteiger partial charge in [-0.3, -0.25) is 4.79 Å². The maximum atomic E-state index is 13.6. The van der Waals surface area contributed by atoms with Crippen molar-refractivity contribution in [1.29, 1.82) is 0 Å². The van der Waals surface area contributed by atoms with Crippen LogP contribution in [-0.4, -0.2) is 35.3 Å². The first kappa shape index (κ1) is 31.7. The summed E-state index contributed by atoms with van der Waals surface area (Å²) in [4.78, 5) is 27.1. The summed E-state index contributed by atoms with van der Waals surface area (Å²) >= 11 is 2.71. The summed E-state index contributed by atoms with van der Waals surface area (Å²) in [5.74, 6) is -0.254. The van der Waals surface area contributed by atoms with Crippen molar-refractivity contribution >= 4 is 51.0 Å². The van der Waals surface area contributed by atoms with Gasteiger partial charge in [0.05, 0.1) is 29.0 Å². The lowest BCUT2D eigenvalue weighted by Crippen LogP contribution is -2.28. The number of pyridine rings is 2. The molecule has 236 valence electrons. The Labute approximate surface area is 275 Å². The van der Waals surface area contributed by atoms with Crippen LogP contribution in [0.4, 0.5) is 4.39 Å². The van der Waals surface area contributed by atoms with E-state index in [4.69, 9.17) is 14.7 Å². The number of aliphatic carboxylic acids is 1. The van der Waals surface area contributed by atoms with Gasteiger partial charge in [-0.2, -0.15) is 4.39 Å². The molecule has 4 heterocycles. The van der Waals surface area contributed by atoms with Gasteiger partial charge in [0.25, 0.3) is 0 Å². The predicted molar refractivity (Wildman–Crippen MR) is 183 cm³/mol. The van der Waals surface area contributed by atoms with E-state index < -0.39 is 11.4 Å². The number of carboxylic acid groups (broad SMARTS) is 1. The molecule has 0 bridgehead atoms. The van der Waals surface area contributed by atoms with Gasteiger partial charge in [-0.1, -0.05) is 80.6 Å². The third-order valence-electron chi connectivity index (χ3n) is 7.59. The van der Waals surface area contributed by atoms with Crippen molar-refractivity contribution in [2.75, 3.05) is 0 Å². The summed E-state index contributed by atoms with van der Waals surface area (Å²) in [7, 11) is 0. The zero-order valence-electron chi connectivity index (χ0n) is 26.4. The molecule has 2 aromatic carbocycles. The van der Waals surface area contributed by atoms with E-state index in [2.05, 4.69) is 30.3 Å². The summed E-state index contributed by atoms with van der Waals surface area (Å²) < 4.78 is 21.8. The lowest BCUT2D eigenvalue weighted by atomic mass is 9.88. The van der Waals surface area contributed by atoms with Crippen molar-refractivity contribution in [3.8, 4) is 16.3 Å². The van der Waals surface area contributed by atoms with Crippen LogP contribution in [0.25, 0.3) is 32.5 Å². The molecule has 7 nitrogen and oxygen atoms in total. The molecule has 0 spiro atoms. The second kappa shape index (κ2) is 12.5. The molecule has 0 saturated heterocycles. The van der Waals surface area contributed by atoms with Crippen molar-refractivity contribution in [3.05, 3.63) is 101 Å². The summed E-state index contributed by atoms with van der Waals surface area (Å²) in [6.07, 6.45) is 3.26. The number of carbonyl (C=O) groups is 1. The molecular weight excluding hydrogens is 620 g/mol. The van der Waals surface area contributed by atoms with Crippen LogP contribution >= 0.6 is 23.1 Å².